The molecular weight excluding hydrogens is 450 g/mol. The molecule has 2 amide bonds. The molecule has 0 aromatic heterocycles. The van der Waals surface area contributed by atoms with Crippen LogP contribution in [-0.4, -0.2) is 45.2 Å². The molecule has 0 radical (unpaired) electrons. The van der Waals surface area contributed by atoms with Crippen LogP contribution in [0, 0.1) is 0 Å². The summed E-state index contributed by atoms with van der Waals surface area (Å²) >= 11 is 5.78. The summed E-state index contributed by atoms with van der Waals surface area (Å²) < 4.78 is 39.3. The van der Waals surface area contributed by atoms with Crippen LogP contribution in [0.2, 0.25) is 5.02 Å². The van der Waals surface area contributed by atoms with Crippen LogP contribution in [-0.2, 0) is 9.53 Å². The van der Waals surface area contributed by atoms with Crippen molar-refractivity contribution in [2.24, 2.45) is 0 Å². The van der Waals surface area contributed by atoms with E-state index in [9.17, 15) is 23.2 Å². The average Bonchev–Trinajstić information content (AvgIpc) is 2.76. The minimum atomic E-state index is -3.14. The summed E-state index contributed by atoms with van der Waals surface area (Å²) in [5, 5.41) is 5.64. The number of hydrogen-bond donors (Lipinski definition) is 2. The van der Waals surface area contributed by atoms with Crippen molar-refractivity contribution in [3.8, 4) is 11.5 Å². The van der Waals surface area contributed by atoms with E-state index in [1.807, 2.05) is 0 Å². The van der Waals surface area contributed by atoms with E-state index in [1.165, 1.54) is 7.11 Å². The third-order valence-corrected chi connectivity index (χ3v) is 4.42. The van der Waals surface area contributed by atoms with Crippen LogP contribution in [0.15, 0.2) is 36.4 Å². The predicted molar refractivity (Wildman–Crippen MR) is 113 cm³/mol. The molecule has 0 spiro atoms. The Labute approximate surface area is 187 Å². The molecule has 8 nitrogen and oxygen atoms in total. The number of benzene rings is 2. The molecule has 2 aromatic carbocycles. The van der Waals surface area contributed by atoms with Crippen molar-refractivity contribution >= 4 is 35.1 Å². The van der Waals surface area contributed by atoms with Gasteiger partial charge in [0.05, 0.1) is 25.5 Å². The van der Waals surface area contributed by atoms with E-state index in [2.05, 4.69) is 20.1 Å². The van der Waals surface area contributed by atoms with Gasteiger partial charge in [-0.1, -0.05) is 11.6 Å². The van der Waals surface area contributed by atoms with Crippen LogP contribution in [0.5, 0.6) is 11.5 Å². The van der Waals surface area contributed by atoms with Crippen molar-refractivity contribution < 1.29 is 37.4 Å². The second-order valence-corrected chi connectivity index (χ2v) is 6.77. The third-order valence-electron chi connectivity index (χ3n) is 4.17. The SMILES string of the molecule is COC(=O)c1cc(OC)c(OC(F)F)cc1NC(=O)CCCNC(=O)c1ccc(Cl)cc1. The Morgan fingerprint density at radius 3 is 2.34 bits per heavy atom. The Balaban J connectivity index is 2.00. The largest absolute Gasteiger partial charge is 0.493 e. The Morgan fingerprint density at radius 1 is 1.06 bits per heavy atom. The molecule has 2 N–H and O–H groups in total. The molecule has 32 heavy (non-hydrogen) atoms. The molecule has 0 fully saturated rings. The standard InChI is InChI=1S/C21H21ClF2N2O6/c1-30-16-10-14(20(29)31-2)15(11-17(16)32-21(23)24)26-18(27)4-3-9-25-19(28)12-5-7-13(22)8-6-12/h5-8,10-11,21H,3-4,9H2,1-2H3,(H,25,28)(H,26,27). The minimum absolute atomic E-state index is 0.0153. The zero-order valence-corrected chi connectivity index (χ0v) is 18.0. The molecular formula is C21H21ClF2N2O6. The fourth-order valence-corrected chi connectivity index (χ4v) is 2.78. The van der Waals surface area contributed by atoms with Gasteiger partial charge in [0, 0.05) is 35.7 Å². The number of ether oxygens (including phenoxy) is 3. The van der Waals surface area contributed by atoms with Crippen molar-refractivity contribution in [1.29, 1.82) is 0 Å². The van der Waals surface area contributed by atoms with E-state index in [0.29, 0.717) is 10.6 Å². The van der Waals surface area contributed by atoms with Crippen LogP contribution >= 0.6 is 11.6 Å². The van der Waals surface area contributed by atoms with Crippen LogP contribution < -0.4 is 20.1 Å². The zero-order valence-electron chi connectivity index (χ0n) is 17.2. The van der Waals surface area contributed by atoms with Gasteiger partial charge in [0.2, 0.25) is 5.91 Å². The number of carbonyl (C=O) groups excluding carboxylic acids is 3. The topological polar surface area (TPSA) is 103 Å². The van der Waals surface area contributed by atoms with Gasteiger partial charge >= 0.3 is 12.6 Å². The van der Waals surface area contributed by atoms with Gasteiger partial charge in [0.15, 0.2) is 11.5 Å². The number of esters is 1. The molecule has 0 heterocycles. The highest BCUT2D eigenvalue weighted by Crippen LogP contribution is 2.35. The number of alkyl halides is 2. The van der Waals surface area contributed by atoms with Gasteiger partial charge in [0.25, 0.3) is 5.91 Å². The van der Waals surface area contributed by atoms with E-state index in [0.717, 1.165) is 19.2 Å². The van der Waals surface area contributed by atoms with Crippen molar-refractivity contribution in [3.63, 3.8) is 0 Å². The van der Waals surface area contributed by atoms with Gasteiger partial charge in [-0.05, 0) is 30.7 Å². The Hall–Kier alpha value is -3.40. The van der Waals surface area contributed by atoms with E-state index in [4.69, 9.17) is 16.3 Å². The monoisotopic (exact) mass is 470 g/mol. The highest BCUT2D eigenvalue weighted by molar-refractivity contribution is 6.30. The van der Waals surface area contributed by atoms with E-state index in [-0.39, 0.29) is 48.0 Å². The molecule has 2 rings (SSSR count). The van der Waals surface area contributed by atoms with Crippen LogP contribution in [0.25, 0.3) is 0 Å². The number of carbonyl (C=O) groups is 3. The summed E-state index contributed by atoms with van der Waals surface area (Å²) in [6.07, 6.45) is 0.272. The lowest BCUT2D eigenvalue weighted by Gasteiger charge is -2.15. The van der Waals surface area contributed by atoms with Gasteiger partial charge in [-0.2, -0.15) is 8.78 Å². The number of halogens is 3. The lowest BCUT2D eigenvalue weighted by Crippen LogP contribution is -2.25. The van der Waals surface area contributed by atoms with E-state index < -0.39 is 18.5 Å². The summed E-state index contributed by atoms with van der Waals surface area (Å²) in [5.74, 6) is -2.13. The summed E-state index contributed by atoms with van der Waals surface area (Å²) in [5.41, 5.74) is 0.241. The number of hydrogen-bond acceptors (Lipinski definition) is 6. The van der Waals surface area contributed by atoms with Crippen LogP contribution in [0.4, 0.5) is 14.5 Å². The van der Waals surface area contributed by atoms with E-state index >= 15 is 0 Å². The van der Waals surface area contributed by atoms with Crippen molar-refractivity contribution in [3.05, 3.63) is 52.5 Å². The maximum absolute atomic E-state index is 12.7. The normalized spacial score (nSPS) is 10.4. The number of amides is 2. The number of rotatable bonds is 10. The molecule has 0 aliphatic heterocycles. The van der Waals surface area contributed by atoms with Gasteiger partial charge in [-0.15, -0.1) is 0 Å². The molecule has 2 aromatic rings. The molecule has 0 unspecified atom stereocenters. The van der Waals surface area contributed by atoms with Gasteiger partial charge in [-0.3, -0.25) is 9.59 Å². The number of anilines is 1. The van der Waals surface area contributed by atoms with Gasteiger partial charge in [-0.25, -0.2) is 4.79 Å². The maximum atomic E-state index is 12.7. The van der Waals surface area contributed by atoms with Gasteiger partial charge in [0.1, 0.15) is 0 Å². The minimum Gasteiger partial charge on any atom is -0.493 e. The fraction of sp³-hybridized carbons (Fsp3) is 0.286. The fourth-order valence-electron chi connectivity index (χ4n) is 2.66. The lowest BCUT2D eigenvalue weighted by atomic mass is 10.1. The zero-order chi connectivity index (χ0) is 23.7. The first-order valence-electron chi connectivity index (χ1n) is 9.34. The predicted octanol–water partition coefficient (Wildman–Crippen LogP) is 3.89. The smallest absolute Gasteiger partial charge is 0.387 e. The summed E-state index contributed by atoms with van der Waals surface area (Å²) in [6, 6.07) is 8.50. The van der Waals surface area contributed by atoms with E-state index in [1.54, 1.807) is 24.3 Å². The van der Waals surface area contributed by atoms with Crippen LogP contribution in [0.1, 0.15) is 33.6 Å². The number of methoxy groups -OCH3 is 2. The molecule has 0 saturated heterocycles. The summed E-state index contributed by atoms with van der Waals surface area (Å²) in [6.45, 7) is -2.93. The summed E-state index contributed by atoms with van der Waals surface area (Å²) in [4.78, 5) is 36.4. The Kier molecular flexibility index (Phi) is 9.21. The summed E-state index contributed by atoms with van der Waals surface area (Å²) in [7, 11) is 2.35. The molecule has 0 bridgehead atoms. The van der Waals surface area contributed by atoms with Crippen molar-refractivity contribution in [2.45, 2.75) is 19.5 Å². The first-order chi connectivity index (χ1) is 15.2. The molecule has 11 heteroatoms. The number of nitrogens with one attached hydrogen (secondary N) is 2. The highest BCUT2D eigenvalue weighted by Gasteiger charge is 2.21. The first-order valence-corrected chi connectivity index (χ1v) is 9.71. The molecule has 0 aliphatic rings. The quantitative estimate of drug-likeness (QED) is 0.403. The van der Waals surface area contributed by atoms with Gasteiger partial charge < -0.3 is 24.8 Å². The second kappa shape index (κ2) is 11.8. The maximum Gasteiger partial charge on any atom is 0.387 e. The van der Waals surface area contributed by atoms with Crippen molar-refractivity contribution in [1.82, 2.24) is 5.32 Å². The highest BCUT2D eigenvalue weighted by atomic mass is 35.5. The third kappa shape index (κ3) is 7.09. The molecule has 0 saturated carbocycles. The van der Waals surface area contributed by atoms with Crippen molar-refractivity contribution in [2.75, 3.05) is 26.1 Å². The first kappa shape index (κ1) is 24.9. The molecule has 0 atom stereocenters. The Morgan fingerprint density at radius 2 is 1.75 bits per heavy atom. The second-order valence-electron chi connectivity index (χ2n) is 6.33. The molecule has 172 valence electrons. The molecule has 0 aliphatic carbocycles. The lowest BCUT2D eigenvalue weighted by molar-refractivity contribution is -0.116. The average molecular weight is 471 g/mol. The van der Waals surface area contributed by atoms with Crippen LogP contribution in [0.3, 0.4) is 0 Å². The Bertz CT molecular complexity index is 970.